The second kappa shape index (κ2) is 8.06. The fourth-order valence-corrected chi connectivity index (χ4v) is 4.30. The summed E-state index contributed by atoms with van der Waals surface area (Å²) in [5.74, 6) is 0.286. The maximum absolute atomic E-state index is 12.2. The van der Waals surface area contributed by atoms with Gasteiger partial charge < -0.3 is 10.6 Å². The van der Waals surface area contributed by atoms with Gasteiger partial charge in [0.2, 0.25) is 5.91 Å². The van der Waals surface area contributed by atoms with E-state index in [1.807, 2.05) is 23.9 Å². The highest BCUT2D eigenvalue weighted by atomic mass is 35.5. The Morgan fingerprint density at radius 2 is 1.95 bits per heavy atom. The van der Waals surface area contributed by atoms with Gasteiger partial charge in [-0.05, 0) is 37.9 Å². The Morgan fingerprint density at radius 1 is 1.19 bits per heavy atom. The molecule has 0 spiro atoms. The molecule has 3 rings (SSSR count). The predicted octanol–water partition coefficient (Wildman–Crippen LogP) is 3.69. The molecule has 2 aliphatic rings. The highest BCUT2D eigenvalue weighted by molar-refractivity contribution is 8.00. The Labute approximate surface area is 137 Å². The number of hydrogen-bond donors (Lipinski definition) is 2. The SMILES string of the molecule is Cl.O=C(Nc1ccccc1SC1CCCC1)C1CCNC1. The lowest BCUT2D eigenvalue weighted by atomic mass is 10.1. The van der Waals surface area contributed by atoms with E-state index in [9.17, 15) is 4.79 Å². The molecular weight excluding hydrogens is 304 g/mol. The minimum absolute atomic E-state index is 0. The summed E-state index contributed by atoms with van der Waals surface area (Å²) in [6.45, 7) is 1.76. The Kier molecular flexibility index (Phi) is 6.40. The molecule has 0 radical (unpaired) electrons. The zero-order valence-corrected chi connectivity index (χ0v) is 13.8. The molecule has 1 aliphatic heterocycles. The van der Waals surface area contributed by atoms with Crippen molar-refractivity contribution in [3.63, 3.8) is 0 Å². The third-order valence-corrected chi connectivity index (χ3v) is 5.59. The molecule has 1 heterocycles. The van der Waals surface area contributed by atoms with Gasteiger partial charge in [-0.3, -0.25) is 4.79 Å². The molecule has 116 valence electrons. The Morgan fingerprint density at radius 3 is 2.67 bits per heavy atom. The van der Waals surface area contributed by atoms with Gasteiger partial charge in [0.1, 0.15) is 0 Å². The van der Waals surface area contributed by atoms with Gasteiger partial charge in [-0.1, -0.05) is 25.0 Å². The van der Waals surface area contributed by atoms with Crippen molar-refractivity contribution >= 4 is 35.8 Å². The second-order valence-corrected chi connectivity index (χ2v) is 7.04. The standard InChI is InChI=1S/C16H22N2OS.ClH/c19-16(12-9-10-17-11-12)18-14-7-3-4-8-15(14)20-13-5-1-2-6-13;/h3-4,7-8,12-13,17H,1-2,5-6,9-11H2,(H,18,19);1H. The number of halogens is 1. The zero-order valence-electron chi connectivity index (χ0n) is 12.1. The molecule has 2 fully saturated rings. The third-order valence-electron chi connectivity index (χ3n) is 4.17. The number of hydrogen-bond acceptors (Lipinski definition) is 3. The summed E-state index contributed by atoms with van der Waals surface area (Å²) in [5, 5.41) is 7.10. The Hall–Kier alpha value is -0.710. The van der Waals surface area contributed by atoms with Crippen LogP contribution in [-0.4, -0.2) is 24.2 Å². The van der Waals surface area contributed by atoms with Crippen LogP contribution in [0.3, 0.4) is 0 Å². The number of thioether (sulfide) groups is 1. The van der Waals surface area contributed by atoms with Crippen LogP contribution < -0.4 is 10.6 Å². The molecule has 0 bridgehead atoms. The van der Waals surface area contributed by atoms with Crippen molar-refractivity contribution in [3.8, 4) is 0 Å². The first kappa shape index (κ1) is 16.7. The quantitative estimate of drug-likeness (QED) is 0.886. The normalized spacial score (nSPS) is 22.0. The molecule has 21 heavy (non-hydrogen) atoms. The van der Waals surface area contributed by atoms with Crippen LogP contribution in [0.1, 0.15) is 32.1 Å². The first-order valence-corrected chi connectivity index (χ1v) is 8.48. The Balaban J connectivity index is 0.00000161. The van der Waals surface area contributed by atoms with Crippen LogP contribution in [0.2, 0.25) is 0 Å². The van der Waals surface area contributed by atoms with Gasteiger partial charge in [-0.25, -0.2) is 0 Å². The molecule has 5 heteroatoms. The summed E-state index contributed by atoms with van der Waals surface area (Å²) in [6, 6.07) is 8.22. The number of rotatable bonds is 4. The van der Waals surface area contributed by atoms with Crippen molar-refractivity contribution in [1.82, 2.24) is 5.32 Å². The molecule has 2 N–H and O–H groups in total. The van der Waals surface area contributed by atoms with Crippen molar-refractivity contribution in [2.24, 2.45) is 5.92 Å². The van der Waals surface area contributed by atoms with E-state index in [2.05, 4.69) is 22.8 Å². The fourth-order valence-electron chi connectivity index (χ4n) is 2.97. The first-order chi connectivity index (χ1) is 9.83. The second-order valence-electron chi connectivity index (χ2n) is 5.70. The van der Waals surface area contributed by atoms with E-state index in [4.69, 9.17) is 0 Å². The minimum atomic E-state index is 0. The summed E-state index contributed by atoms with van der Waals surface area (Å²) in [5.41, 5.74) is 0.987. The lowest BCUT2D eigenvalue weighted by molar-refractivity contribution is -0.119. The first-order valence-electron chi connectivity index (χ1n) is 7.60. The molecule has 1 aliphatic carbocycles. The number of carbonyl (C=O) groups excluding carboxylic acids is 1. The monoisotopic (exact) mass is 326 g/mol. The van der Waals surface area contributed by atoms with Gasteiger partial charge in [-0.15, -0.1) is 24.2 Å². The number of nitrogens with one attached hydrogen (secondary N) is 2. The van der Waals surface area contributed by atoms with Crippen LogP contribution in [0.4, 0.5) is 5.69 Å². The summed E-state index contributed by atoms with van der Waals surface area (Å²) in [4.78, 5) is 13.5. The van der Waals surface area contributed by atoms with E-state index in [-0.39, 0.29) is 24.2 Å². The third kappa shape index (κ3) is 4.38. The van der Waals surface area contributed by atoms with Gasteiger partial charge in [-0.2, -0.15) is 0 Å². The molecule has 1 atom stereocenters. The van der Waals surface area contributed by atoms with E-state index in [0.717, 1.165) is 30.4 Å². The van der Waals surface area contributed by atoms with Gasteiger partial charge >= 0.3 is 0 Å². The van der Waals surface area contributed by atoms with Crippen molar-refractivity contribution in [2.75, 3.05) is 18.4 Å². The summed E-state index contributed by atoms with van der Waals surface area (Å²) >= 11 is 1.93. The van der Waals surface area contributed by atoms with E-state index in [1.54, 1.807) is 0 Å². The molecule has 0 aromatic heterocycles. The molecule has 3 nitrogen and oxygen atoms in total. The van der Waals surface area contributed by atoms with Crippen LogP contribution >= 0.6 is 24.2 Å². The summed E-state index contributed by atoms with van der Waals surface area (Å²) < 4.78 is 0. The number of para-hydroxylation sites is 1. The van der Waals surface area contributed by atoms with Gasteiger partial charge in [0.25, 0.3) is 0 Å². The molecule has 1 saturated carbocycles. The van der Waals surface area contributed by atoms with E-state index < -0.39 is 0 Å². The molecule has 1 unspecified atom stereocenters. The van der Waals surface area contributed by atoms with Crippen molar-refractivity contribution in [3.05, 3.63) is 24.3 Å². The van der Waals surface area contributed by atoms with Gasteiger partial charge in [0, 0.05) is 16.7 Å². The number of anilines is 1. The van der Waals surface area contributed by atoms with Crippen LogP contribution in [0.15, 0.2) is 29.2 Å². The van der Waals surface area contributed by atoms with Crippen LogP contribution in [0.25, 0.3) is 0 Å². The van der Waals surface area contributed by atoms with Crippen LogP contribution in [0, 0.1) is 5.92 Å². The van der Waals surface area contributed by atoms with E-state index in [1.165, 1.54) is 30.6 Å². The molecule has 1 saturated heterocycles. The van der Waals surface area contributed by atoms with Crippen molar-refractivity contribution in [2.45, 2.75) is 42.2 Å². The van der Waals surface area contributed by atoms with Crippen molar-refractivity contribution < 1.29 is 4.79 Å². The molecule has 1 aromatic rings. The van der Waals surface area contributed by atoms with E-state index >= 15 is 0 Å². The van der Waals surface area contributed by atoms with Crippen molar-refractivity contribution in [1.29, 1.82) is 0 Å². The number of benzene rings is 1. The average Bonchev–Trinajstić information content (AvgIpc) is 3.13. The van der Waals surface area contributed by atoms with Gasteiger partial charge in [0.15, 0.2) is 0 Å². The molecule has 1 aromatic carbocycles. The maximum atomic E-state index is 12.2. The molecular formula is C16H23ClN2OS. The smallest absolute Gasteiger partial charge is 0.228 e. The minimum Gasteiger partial charge on any atom is -0.325 e. The number of carbonyl (C=O) groups is 1. The lowest BCUT2D eigenvalue weighted by Crippen LogP contribution is -2.24. The van der Waals surface area contributed by atoms with Crippen LogP contribution in [0.5, 0.6) is 0 Å². The van der Waals surface area contributed by atoms with Gasteiger partial charge in [0.05, 0.1) is 11.6 Å². The summed E-state index contributed by atoms with van der Waals surface area (Å²) in [7, 11) is 0. The predicted molar refractivity (Wildman–Crippen MR) is 91.4 cm³/mol. The topological polar surface area (TPSA) is 41.1 Å². The lowest BCUT2D eigenvalue weighted by Gasteiger charge is -2.15. The van der Waals surface area contributed by atoms with E-state index in [0.29, 0.717) is 0 Å². The zero-order chi connectivity index (χ0) is 13.8. The fraction of sp³-hybridized carbons (Fsp3) is 0.562. The largest absolute Gasteiger partial charge is 0.325 e. The Bertz CT molecular complexity index is 471. The highest BCUT2D eigenvalue weighted by Crippen LogP contribution is 2.38. The highest BCUT2D eigenvalue weighted by Gasteiger charge is 2.23. The maximum Gasteiger partial charge on any atom is 0.228 e. The molecule has 1 amide bonds. The van der Waals surface area contributed by atoms with Crippen LogP contribution in [-0.2, 0) is 4.79 Å². The number of amides is 1. The summed E-state index contributed by atoms with van der Waals surface area (Å²) in [6.07, 6.45) is 6.25. The average molecular weight is 327 g/mol.